The standard InChI is InChI=1S/C18H31N5O2/c1-19-18(21-10-9-20-16(24)13-6-7-13)22-15-8-11-23(12-15)17(25)14-4-2-3-5-14/h13-15H,2-12H2,1H3,(H,20,24)(H2,19,21,22). The Hall–Kier alpha value is -1.79. The van der Waals surface area contributed by atoms with E-state index in [4.69, 9.17) is 0 Å². The van der Waals surface area contributed by atoms with Crippen LogP contribution in [0.25, 0.3) is 0 Å². The lowest BCUT2D eigenvalue weighted by Crippen LogP contribution is -2.47. The molecule has 1 unspecified atom stereocenters. The second kappa shape index (κ2) is 8.54. The van der Waals surface area contributed by atoms with Crippen LogP contribution in [0.4, 0.5) is 0 Å². The molecule has 7 heteroatoms. The molecular weight excluding hydrogens is 318 g/mol. The highest BCUT2D eigenvalue weighted by atomic mass is 16.2. The molecule has 1 saturated heterocycles. The molecule has 3 N–H and O–H groups in total. The van der Waals surface area contributed by atoms with Crippen molar-refractivity contribution >= 4 is 17.8 Å². The molecule has 1 aliphatic heterocycles. The summed E-state index contributed by atoms with van der Waals surface area (Å²) in [7, 11) is 1.74. The fourth-order valence-electron chi connectivity index (χ4n) is 3.75. The maximum Gasteiger partial charge on any atom is 0.225 e. The number of hydrogen-bond acceptors (Lipinski definition) is 3. The summed E-state index contributed by atoms with van der Waals surface area (Å²) in [6.45, 7) is 2.85. The fourth-order valence-corrected chi connectivity index (χ4v) is 3.75. The molecule has 1 atom stereocenters. The summed E-state index contributed by atoms with van der Waals surface area (Å²) in [5.41, 5.74) is 0. The van der Waals surface area contributed by atoms with Crippen LogP contribution >= 0.6 is 0 Å². The lowest BCUT2D eigenvalue weighted by atomic mass is 10.1. The van der Waals surface area contributed by atoms with Gasteiger partial charge in [-0.2, -0.15) is 0 Å². The zero-order chi connectivity index (χ0) is 17.6. The van der Waals surface area contributed by atoms with Crippen molar-refractivity contribution in [3.8, 4) is 0 Å². The van der Waals surface area contributed by atoms with E-state index in [2.05, 4.69) is 20.9 Å². The summed E-state index contributed by atoms with van der Waals surface area (Å²) < 4.78 is 0. The molecule has 3 fully saturated rings. The number of carbonyl (C=O) groups excluding carboxylic acids is 2. The SMILES string of the molecule is CN=C(NCCNC(=O)C1CC1)NC1CCN(C(=O)C2CCCC2)C1. The van der Waals surface area contributed by atoms with Crippen LogP contribution < -0.4 is 16.0 Å². The number of guanidine groups is 1. The van der Waals surface area contributed by atoms with Gasteiger partial charge in [0.1, 0.15) is 0 Å². The number of rotatable bonds is 6. The van der Waals surface area contributed by atoms with E-state index in [1.165, 1.54) is 12.8 Å². The first-order valence-corrected chi connectivity index (χ1v) is 9.71. The largest absolute Gasteiger partial charge is 0.355 e. The molecule has 3 rings (SSSR count). The van der Waals surface area contributed by atoms with Gasteiger partial charge in [0.05, 0.1) is 0 Å². The molecule has 0 spiro atoms. The molecule has 0 aromatic carbocycles. The first-order valence-electron chi connectivity index (χ1n) is 9.71. The Morgan fingerprint density at radius 3 is 2.40 bits per heavy atom. The summed E-state index contributed by atoms with van der Waals surface area (Å²) in [5.74, 6) is 1.75. The van der Waals surface area contributed by atoms with Crippen LogP contribution in [-0.2, 0) is 9.59 Å². The zero-order valence-corrected chi connectivity index (χ0v) is 15.2. The normalized spacial score (nSPS) is 24.4. The van der Waals surface area contributed by atoms with Gasteiger partial charge in [-0.25, -0.2) is 0 Å². The molecular formula is C18H31N5O2. The van der Waals surface area contributed by atoms with Gasteiger partial charge < -0.3 is 20.9 Å². The van der Waals surface area contributed by atoms with Crippen molar-refractivity contribution in [3.05, 3.63) is 0 Å². The minimum Gasteiger partial charge on any atom is -0.355 e. The van der Waals surface area contributed by atoms with Crippen molar-refractivity contribution < 1.29 is 9.59 Å². The lowest BCUT2D eigenvalue weighted by molar-refractivity contribution is -0.134. The van der Waals surface area contributed by atoms with Gasteiger partial charge in [0.15, 0.2) is 5.96 Å². The van der Waals surface area contributed by atoms with Crippen LogP contribution in [0.5, 0.6) is 0 Å². The highest BCUT2D eigenvalue weighted by Crippen LogP contribution is 2.28. The van der Waals surface area contributed by atoms with Crippen LogP contribution in [0.3, 0.4) is 0 Å². The molecule has 0 radical (unpaired) electrons. The summed E-state index contributed by atoms with van der Waals surface area (Å²) in [6, 6.07) is 0.248. The Kier molecular flexibility index (Phi) is 6.15. The first-order chi connectivity index (χ1) is 12.2. The van der Waals surface area contributed by atoms with E-state index in [0.717, 1.165) is 51.2 Å². The third-order valence-electron chi connectivity index (χ3n) is 5.43. The lowest BCUT2D eigenvalue weighted by Gasteiger charge is -2.21. The predicted octanol–water partition coefficient (Wildman–Crippen LogP) is 0.469. The second-order valence-electron chi connectivity index (χ2n) is 7.46. The molecule has 0 bridgehead atoms. The number of aliphatic imine (C=N–C) groups is 1. The van der Waals surface area contributed by atoms with Gasteiger partial charge in [-0.05, 0) is 32.1 Å². The summed E-state index contributed by atoms with van der Waals surface area (Å²) in [5, 5.41) is 9.56. The minimum atomic E-state index is 0.168. The number of hydrogen-bond donors (Lipinski definition) is 3. The molecule has 2 amide bonds. The van der Waals surface area contributed by atoms with E-state index in [0.29, 0.717) is 19.0 Å². The summed E-state index contributed by atoms with van der Waals surface area (Å²) in [6.07, 6.45) is 7.52. The van der Waals surface area contributed by atoms with E-state index in [1.807, 2.05) is 4.90 Å². The smallest absolute Gasteiger partial charge is 0.225 e. The molecule has 1 heterocycles. The van der Waals surface area contributed by atoms with Crippen LogP contribution in [-0.4, -0.2) is 61.9 Å². The minimum absolute atomic E-state index is 0.168. The topological polar surface area (TPSA) is 85.8 Å². The second-order valence-corrected chi connectivity index (χ2v) is 7.46. The van der Waals surface area contributed by atoms with Crippen molar-refractivity contribution in [2.75, 3.05) is 33.2 Å². The number of amides is 2. The molecule has 2 aliphatic carbocycles. The molecule has 7 nitrogen and oxygen atoms in total. The average molecular weight is 349 g/mol. The van der Waals surface area contributed by atoms with E-state index in [9.17, 15) is 9.59 Å². The van der Waals surface area contributed by atoms with Gasteiger partial charge in [0, 0.05) is 51.1 Å². The zero-order valence-electron chi connectivity index (χ0n) is 15.2. The van der Waals surface area contributed by atoms with Crippen LogP contribution in [0.2, 0.25) is 0 Å². The fraction of sp³-hybridized carbons (Fsp3) is 0.833. The highest BCUT2D eigenvalue weighted by molar-refractivity contribution is 5.82. The van der Waals surface area contributed by atoms with E-state index in [-0.39, 0.29) is 23.8 Å². The van der Waals surface area contributed by atoms with Gasteiger partial charge in [-0.3, -0.25) is 14.6 Å². The van der Waals surface area contributed by atoms with Crippen LogP contribution in [0, 0.1) is 11.8 Å². The Morgan fingerprint density at radius 2 is 1.72 bits per heavy atom. The number of nitrogens with one attached hydrogen (secondary N) is 3. The van der Waals surface area contributed by atoms with Gasteiger partial charge in [-0.1, -0.05) is 12.8 Å². The van der Waals surface area contributed by atoms with Gasteiger partial charge in [0.25, 0.3) is 0 Å². The molecule has 25 heavy (non-hydrogen) atoms. The highest BCUT2D eigenvalue weighted by Gasteiger charge is 2.32. The van der Waals surface area contributed by atoms with E-state index in [1.54, 1.807) is 7.05 Å². The molecule has 0 aromatic rings. The monoisotopic (exact) mass is 349 g/mol. The Balaban J connectivity index is 1.34. The maximum atomic E-state index is 12.5. The van der Waals surface area contributed by atoms with Gasteiger partial charge >= 0.3 is 0 Å². The Labute approximate surface area is 150 Å². The summed E-state index contributed by atoms with van der Waals surface area (Å²) >= 11 is 0. The molecule has 0 aromatic heterocycles. The molecule has 2 saturated carbocycles. The third-order valence-corrected chi connectivity index (χ3v) is 5.43. The van der Waals surface area contributed by atoms with Crippen molar-refractivity contribution in [2.24, 2.45) is 16.8 Å². The van der Waals surface area contributed by atoms with Crippen LogP contribution in [0.15, 0.2) is 4.99 Å². The van der Waals surface area contributed by atoms with Crippen molar-refractivity contribution in [1.29, 1.82) is 0 Å². The quantitative estimate of drug-likeness (QED) is 0.370. The molecule has 140 valence electrons. The van der Waals surface area contributed by atoms with Crippen LogP contribution in [0.1, 0.15) is 44.9 Å². The van der Waals surface area contributed by atoms with E-state index < -0.39 is 0 Å². The van der Waals surface area contributed by atoms with Crippen molar-refractivity contribution in [2.45, 2.75) is 51.0 Å². The first kappa shape index (κ1) is 18.0. The van der Waals surface area contributed by atoms with Crippen molar-refractivity contribution in [3.63, 3.8) is 0 Å². The maximum absolute atomic E-state index is 12.5. The van der Waals surface area contributed by atoms with Gasteiger partial charge in [-0.15, -0.1) is 0 Å². The summed E-state index contributed by atoms with van der Waals surface area (Å²) in [4.78, 5) is 30.3. The Bertz CT molecular complexity index is 512. The molecule has 3 aliphatic rings. The van der Waals surface area contributed by atoms with E-state index >= 15 is 0 Å². The number of likely N-dealkylation sites (tertiary alicyclic amines) is 1. The third kappa shape index (κ3) is 5.09. The average Bonchev–Trinajstić information content (AvgIpc) is 3.14. The Morgan fingerprint density at radius 1 is 1.00 bits per heavy atom. The van der Waals surface area contributed by atoms with Gasteiger partial charge in [0.2, 0.25) is 11.8 Å². The number of carbonyl (C=O) groups is 2. The predicted molar refractivity (Wildman–Crippen MR) is 97.2 cm³/mol. The number of nitrogens with zero attached hydrogens (tertiary/aromatic N) is 2. The van der Waals surface area contributed by atoms with Crippen molar-refractivity contribution in [1.82, 2.24) is 20.9 Å².